The Bertz CT molecular complexity index is 349. The number of hydrogen-bond donors (Lipinski definition) is 2. The summed E-state index contributed by atoms with van der Waals surface area (Å²) in [6, 6.07) is 0. The Morgan fingerprint density at radius 3 is 2.67 bits per heavy atom. The van der Waals surface area contributed by atoms with Gasteiger partial charge in [0.15, 0.2) is 5.82 Å². The number of nitrogens with zero attached hydrogens (tertiary/aromatic N) is 2. The van der Waals surface area contributed by atoms with E-state index in [9.17, 15) is 0 Å². The molecule has 0 saturated heterocycles. The standard InChI is InChI=1S/C11H20N4/c1-8(2)11(4-5-11)7-13-10-9(12)6-15(3)14-10/h6,8H,4-5,7,12H2,1-3H3,(H,13,14). The van der Waals surface area contributed by atoms with Crippen LogP contribution >= 0.6 is 0 Å². The van der Waals surface area contributed by atoms with Crippen LogP contribution < -0.4 is 11.1 Å². The van der Waals surface area contributed by atoms with Crippen molar-refractivity contribution in [3.8, 4) is 0 Å². The van der Waals surface area contributed by atoms with E-state index in [1.165, 1.54) is 12.8 Å². The van der Waals surface area contributed by atoms with Crippen LogP contribution in [0.15, 0.2) is 6.20 Å². The molecule has 0 aliphatic heterocycles. The number of nitrogen functional groups attached to an aromatic ring is 1. The highest BCUT2D eigenvalue weighted by molar-refractivity contribution is 5.59. The van der Waals surface area contributed by atoms with Crippen LogP contribution in [0.25, 0.3) is 0 Å². The fraction of sp³-hybridized carbons (Fsp3) is 0.727. The Balaban J connectivity index is 1.96. The van der Waals surface area contributed by atoms with E-state index in [-0.39, 0.29) is 0 Å². The third-order valence-electron chi connectivity index (χ3n) is 3.58. The van der Waals surface area contributed by atoms with Gasteiger partial charge in [0, 0.05) is 19.8 Å². The molecular formula is C11H20N4. The lowest BCUT2D eigenvalue weighted by Gasteiger charge is -2.19. The quantitative estimate of drug-likeness (QED) is 0.794. The molecule has 1 saturated carbocycles. The van der Waals surface area contributed by atoms with Crippen LogP contribution in [-0.4, -0.2) is 16.3 Å². The van der Waals surface area contributed by atoms with Gasteiger partial charge in [0.1, 0.15) is 0 Å². The molecule has 1 aliphatic carbocycles. The van der Waals surface area contributed by atoms with Crippen molar-refractivity contribution in [3.05, 3.63) is 6.20 Å². The molecule has 4 heteroatoms. The highest BCUT2D eigenvalue weighted by Crippen LogP contribution is 2.51. The molecule has 1 heterocycles. The fourth-order valence-electron chi connectivity index (χ4n) is 2.02. The Morgan fingerprint density at radius 2 is 2.27 bits per heavy atom. The lowest BCUT2D eigenvalue weighted by atomic mass is 9.92. The van der Waals surface area contributed by atoms with E-state index in [0.29, 0.717) is 5.41 Å². The van der Waals surface area contributed by atoms with Gasteiger partial charge in [-0.15, -0.1) is 0 Å². The Hall–Kier alpha value is -1.19. The zero-order valence-corrected chi connectivity index (χ0v) is 9.75. The molecular weight excluding hydrogens is 188 g/mol. The molecule has 1 aliphatic rings. The summed E-state index contributed by atoms with van der Waals surface area (Å²) in [5.41, 5.74) is 7.04. The van der Waals surface area contributed by atoms with Gasteiger partial charge in [-0.2, -0.15) is 5.10 Å². The summed E-state index contributed by atoms with van der Waals surface area (Å²) in [5.74, 6) is 1.55. The second-order valence-corrected chi connectivity index (χ2v) is 4.98. The van der Waals surface area contributed by atoms with Crippen LogP contribution in [0.2, 0.25) is 0 Å². The third-order valence-corrected chi connectivity index (χ3v) is 3.58. The second kappa shape index (κ2) is 3.43. The van der Waals surface area contributed by atoms with Crippen molar-refractivity contribution in [1.82, 2.24) is 9.78 Å². The summed E-state index contributed by atoms with van der Waals surface area (Å²) in [6.45, 7) is 5.57. The first kappa shape index (κ1) is 10.3. The van der Waals surface area contributed by atoms with Gasteiger partial charge in [-0.1, -0.05) is 13.8 Å². The Labute approximate surface area is 90.8 Å². The summed E-state index contributed by atoms with van der Waals surface area (Å²) in [4.78, 5) is 0. The Kier molecular flexibility index (Phi) is 2.37. The minimum absolute atomic E-state index is 0.490. The van der Waals surface area contributed by atoms with E-state index in [0.717, 1.165) is 24.0 Å². The highest BCUT2D eigenvalue weighted by atomic mass is 15.3. The Morgan fingerprint density at radius 1 is 1.60 bits per heavy atom. The monoisotopic (exact) mass is 208 g/mol. The SMILES string of the molecule is CC(C)C1(CNc2nn(C)cc2N)CC1. The average Bonchev–Trinajstić information content (AvgIpc) is 2.87. The molecule has 1 aromatic heterocycles. The molecule has 0 bridgehead atoms. The normalized spacial score (nSPS) is 18.1. The van der Waals surface area contributed by atoms with Gasteiger partial charge in [0.05, 0.1) is 5.69 Å². The summed E-state index contributed by atoms with van der Waals surface area (Å²) in [6.07, 6.45) is 4.48. The predicted octanol–water partition coefficient (Wildman–Crippen LogP) is 1.85. The van der Waals surface area contributed by atoms with Gasteiger partial charge >= 0.3 is 0 Å². The number of hydrogen-bond acceptors (Lipinski definition) is 3. The van der Waals surface area contributed by atoms with Gasteiger partial charge in [0.2, 0.25) is 0 Å². The van der Waals surface area contributed by atoms with Crippen LogP contribution in [0.1, 0.15) is 26.7 Å². The zero-order valence-electron chi connectivity index (χ0n) is 9.75. The van der Waals surface area contributed by atoms with Gasteiger partial charge < -0.3 is 11.1 Å². The minimum atomic E-state index is 0.490. The van der Waals surface area contributed by atoms with Crippen molar-refractivity contribution in [1.29, 1.82) is 0 Å². The number of nitrogens with one attached hydrogen (secondary N) is 1. The molecule has 0 aromatic carbocycles. The van der Waals surface area contributed by atoms with Crippen LogP contribution in [0.5, 0.6) is 0 Å². The largest absolute Gasteiger partial charge is 0.394 e. The fourth-order valence-corrected chi connectivity index (χ4v) is 2.02. The predicted molar refractivity (Wildman–Crippen MR) is 62.6 cm³/mol. The summed E-state index contributed by atoms with van der Waals surface area (Å²) >= 11 is 0. The maximum Gasteiger partial charge on any atom is 0.171 e. The average molecular weight is 208 g/mol. The second-order valence-electron chi connectivity index (χ2n) is 4.98. The molecule has 0 unspecified atom stereocenters. The van der Waals surface area contributed by atoms with E-state index in [4.69, 9.17) is 5.73 Å². The summed E-state index contributed by atoms with van der Waals surface area (Å²) in [7, 11) is 1.89. The first-order valence-corrected chi connectivity index (χ1v) is 5.56. The minimum Gasteiger partial charge on any atom is -0.394 e. The van der Waals surface area contributed by atoms with Crippen molar-refractivity contribution in [2.45, 2.75) is 26.7 Å². The van der Waals surface area contributed by atoms with E-state index < -0.39 is 0 Å². The van der Waals surface area contributed by atoms with Crippen LogP contribution in [0, 0.1) is 11.3 Å². The first-order valence-electron chi connectivity index (χ1n) is 5.56. The third kappa shape index (κ3) is 1.94. The first-order chi connectivity index (χ1) is 7.03. The smallest absolute Gasteiger partial charge is 0.171 e. The molecule has 1 aromatic rings. The molecule has 3 N–H and O–H groups in total. The van der Waals surface area contributed by atoms with Crippen molar-refractivity contribution < 1.29 is 0 Å². The summed E-state index contributed by atoms with van der Waals surface area (Å²) < 4.78 is 1.74. The van der Waals surface area contributed by atoms with Gasteiger partial charge in [-0.3, -0.25) is 4.68 Å². The number of aromatic nitrogens is 2. The molecule has 4 nitrogen and oxygen atoms in total. The molecule has 15 heavy (non-hydrogen) atoms. The van der Waals surface area contributed by atoms with Crippen LogP contribution in [0.3, 0.4) is 0 Å². The molecule has 0 radical (unpaired) electrons. The highest BCUT2D eigenvalue weighted by Gasteiger charge is 2.45. The van der Waals surface area contributed by atoms with Gasteiger partial charge in [-0.05, 0) is 24.2 Å². The molecule has 1 fully saturated rings. The van der Waals surface area contributed by atoms with E-state index in [2.05, 4.69) is 24.3 Å². The zero-order chi connectivity index (χ0) is 11.1. The number of nitrogens with two attached hydrogens (primary N) is 1. The lowest BCUT2D eigenvalue weighted by molar-refractivity contribution is 0.380. The molecule has 0 atom stereocenters. The van der Waals surface area contributed by atoms with Crippen molar-refractivity contribution in [3.63, 3.8) is 0 Å². The van der Waals surface area contributed by atoms with Crippen LogP contribution in [-0.2, 0) is 7.05 Å². The lowest BCUT2D eigenvalue weighted by Crippen LogP contribution is -2.21. The van der Waals surface area contributed by atoms with Gasteiger partial charge in [-0.25, -0.2) is 0 Å². The molecule has 0 amide bonds. The van der Waals surface area contributed by atoms with Gasteiger partial charge in [0.25, 0.3) is 0 Å². The molecule has 0 spiro atoms. The van der Waals surface area contributed by atoms with Crippen molar-refractivity contribution in [2.24, 2.45) is 18.4 Å². The summed E-state index contributed by atoms with van der Waals surface area (Å²) in [5, 5.41) is 7.64. The topological polar surface area (TPSA) is 55.9 Å². The number of rotatable bonds is 4. The van der Waals surface area contributed by atoms with E-state index in [1.807, 2.05) is 13.2 Å². The maximum atomic E-state index is 5.82. The molecule has 2 rings (SSSR count). The number of aryl methyl sites for hydroxylation is 1. The van der Waals surface area contributed by atoms with Crippen LogP contribution in [0.4, 0.5) is 11.5 Å². The van der Waals surface area contributed by atoms with E-state index in [1.54, 1.807) is 4.68 Å². The van der Waals surface area contributed by atoms with E-state index >= 15 is 0 Å². The molecule has 84 valence electrons. The van der Waals surface area contributed by atoms with Crippen molar-refractivity contribution >= 4 is 11.5 Å². The van der Waals surface area contributed by atoms with Crippen molar-refractivity contribution in [2.75, 3.05) is 17.6 Å². The maximum absolute atomic E-state index is 5.82. The number of anilines is 2.